The highest BCUT2D eigenvalue weighted by atomic mass is 19.2. The summed E-state index contributed by atoms with van der Waals surface area (Å²) in [5.74, 6) is -3.88. The van der Waals surface area contributed by atoms with Crippen molar-refractivity contribution in [2.75, 3.05) is 17.2 Å². The quantitative estimate of drug-likeness (QED) is 0.852. The maximum Gasteiger partial charge on any atom is 0.274 e. The van der Waals surface area contributed by atoms with Gasteiger partial charge >= 0.3 is 0 Å². The predicted molar refractivity (Wildman–Crippen MR) is 72.7 cm³/mol. The Labute approximate surface area is 119 Å². The van der Waals surface area contributed by atoms with E-state index < -0.39 is 29.0 Å². The van der Waals surface area contributed by atoms with E-state index in [-0.39, 0.29) is 5.69 Å². The van der Waals surface area contributed by atoms with E-state index in [0.717, 1.165) is 0 Å². The van der Waals surface area contributed by atoms with Gasteiger partial charge in [-0.2, -0.15) is 0 Å². The highest BCUT2D eigenvalue weighted by Gasteiger charge is 2.14. The third-order valence-electron chi connectivity index (χ3n) is 2.60. The number of aromatic nitrogens is 1. The van der Waals surface area contributed by atoms with Crippen LogP contribution in [0.1, 0.15) is 17.4 Å². The van der Waals surface area contributed by atoms with Gasteiger partial charge in [-0.3, -0.25) is 4.79 Å². The fourth-order valence-corrected chi connectivity index (χ4v) is 1.65. The Morgan fingerprint density at radius 2 is 1.86 bits per heavy atom. The molecule has 2 rings (SSSR count). The lowest BCUT2D eigenvalue weighted by Crippen LogP contribution is -2.16. The van der Waals surface area contributed by atoms with E-state index in [1.807, 2.05) is 6.92 Å². The number of amides is 1. The molecule has 0 saturated heterocycles. The van der Waals surface area contributed by atoms with Gasteiger partial charge in [-0.1, -0.05) is 6.07 Å². The molecule has 1 amide bonds. The first kappa shape index (κ1) is 14.8. The number of rotatable bonds is 4. The third-order valence-corrected chi connectivity index (χ3v) is 2.60. The zero-order chi connectivity index (χ0) is 15.4. The molecule has 7 heteroatoms. The summed E-state index contributed by atoms with van der Waals surface area (Å²) in [6.45, 7) is 2.49. The maximum absolute atomic E-state index is 13.5. The van der Waals surface area contributed by atoms with Gasteiger partial charge in [-0.25, -0.2) is 18.2 Å². The van der Waals surface area contributed by atoms with E-state index in [1.165, 1.54) is 6.07 Å². The van der Waals surface area contributed by atoms with Gasteiger partial charge in [0.15, 0.2) is 11.6 Å². The van der Waals surface area contributed by atoms with Gasteiger partial charge in [0.05, 0.1) is 5.69 Å². The number of benzene rings is 1. The van der Waals surface area contributed by atoms with Crippen LogP contribution < -0.4 is 10.6 Å². The molecule has 0 unspecified atom stereocenters. The van der Waals surface area contributed by atoms with E-state index in [9.17, 15) is 18.0 Å². The van der Waals surface area contributed by atoms with Gasteiger partial charge < -0.3 is 10.6 Å². The van der Waals surface area contributed by atoms with Gasteiger partial charge in [0.1, 0.15) is 17.3 Å². The van der Waals surface area contributed by atoms with Gasteiger partial charge in [-0.15, -0.1) is 0 Å². The molecule has 0 aliphatic carbocycles. The highest BCUT2D eigenvalue weighted by Crippen LogP contribution is 2.19. The summed E-state index contributed by atoms with van der Waals surface area (Å²) in [4.78, 5) is 15.9. The summed E-state index contributed by atoms with van der Waals surface area (Å²) in [7, 11) is 0. The minimum absolute atomic E-state index is 0.0255. The van der Waals surface area contributed by atoms with Crippen molar-refractivity contribution in [3.8, 4) is 0 Å². The van der Waals surface area contributed by atoms with E-state index in [1.54, 1.807) is 12.1 Å². The number of carbonyl (C=O) groups is 1. The average Bonchev–Trinajstić information content (AvgIpc) is 2.45. The molecule has 2 N–H and O–H groups in total. The van der Waals surface area contributed by atoms with Crippen LogP contribution >= 0.6 is 0 Å². The van der Waals surface area contributed by atoms with Crippen LogP contribution in [-0.2, 0) is 0 Å². The molecule has 0 atom stereocenters. The number of pyridine rings is 1. The Kier molecular flexibility index (Phi) is 4.42. The Morgan fingerprint density at radius 3 is 2.57 bits per heavy atom. The molecule has 0 spiro atoms. The molecule has 0 fully saturated rings. The second kappa shape index (κ2) is 6.25. The van der Waals surface area contributed by atoms with Crippen molar-refractivity contribution in [2.45, 2.75) is 6.92 Å². The molecule has 0 aliphatic rings. The summed E-state index contributed by atoms with van der Waals surface area (Å²) < 4.78 is 39.3. The first-order valence-corrected chi connectivity index (χ1v) is 6.18. The van der Waals surface area contributed by atoms with E-state index in [2.05, 4.69) is 15.6 Å². The first-order chi connectivity index (χ1) is 10.0. The smallest absolute Gasteiger partial charge is 0.274 e. The zero-order valence-corrected chi connectivity index (χ0v) is 11.1. The molecule has 4 nitrogen and oxygen atoms in total. The van der Waals surface area contributed by atoms with Crippen LogP contribution in [0.25, 0.3) is 0 Å². The zero-order valence-electron chi connectivity index (χ0n) is 11.1. The number of nitrogens with one attached hydrogen (secondary N) is 2. The van der Waals surface area contributed by atoms with Crippen LogP contribution in [0.15, 0.2) is 30.3 Å². The second-order valence-electron chi connectivity index (χ2n) is 4.14. The van der Waals surface area contributed by atoms with Gasteiger partial charge in [-0.05, 0) is 19.1 Å². The molecule has 21 heavy (non-hydrogen) atoms. The number of anilines is 2. The van der Waals surface area contributed by atoms with E-state index >= 15 is 0 Å². The van der Waals surface area contributed by atoms with Gasteiger partial charge in [0.2, 0.25) is 0 Å². The molecule has 0 saturated carbocycles. The van der Waals surface area contributed by atoms with Crippen molar-refractivity contribution in [1.29, 1.82) is 0 Å². The summed E-state index contributed by atoms with van der Waals surface area (Å²) >= 11 is 0. The Balaban J connectivity index is 2.22. The normalized spacial score (nSPS) is 10.3. The number of hydrogen-bond acceptors (Lipinski definition) is 3. The second-order valence-corrected chi connectivity index (χ2v) is 4.14. The largest absolute Gasteiger partial charge is 0.370 e. The van der Waals surface area contributed by atoms with Crippen molar-refractivity contribution < 1.29 is 18.0 Å². The Bertz CT molecular complexity index is 677. The molecule has 0 aliphatic heterocycles. The van der Waals surface area contributed by atoms with Crippen LogP contribution in [-0.4, -0.2) is 17.4 Å². The van der Waals surface area contributed by atoms with Crippen LogP contribution in [0.5, 0.6) is 0 Å². The predicted octanol–water partition coefficient (Wildman–Crippen LogP) is 3.18. The molecule has 110 valence electrons. The molecular formula is C14H12F3N3O. The monoisotopic (exact) mass is 295 g/mol. The van der Waals surface area contributed by atoms with Crippen LogP contribution in [0.3, 0.4) is 0 Å². The fraction of sp³-hybridized carbons (Fsp3) is 0.143. The summed E-state index contributed by atoms with van der Waals surface area (Å²) in [6, 6.07) is 5.64. The number of halogens is 3. The number of hydrogen-bond donors (Lipinski definition) is 2. The van der Waals surface area contributed by atoms with Crippen molar-refractivity contribution in [3.63, 3.8) is 0 Å². The molecular weight excluding hydrogens is 283 g/mol. The van der Waals surface area contributed by atoms with E-state index in [0.29, 0.717) is 24.5 Å². The first-order valence-electron chi connectivity index (χ1n) is 6.18. The SMILES string of the molecule is CCNc1cccc(C(=O)Nc2cc(F)c(F)cc2F)n1. The van der Waals surface area contributed by atoms with Gasteiger partial charge in [0.25, 0.3) is 5.91 Å². The maximum atomic E-state index is 13.5. The van der Waals surface area contributed by atoms with Crippen molar-refractivity contribution in [2.24, 2.45) is 0 Å². The average molecular weight is 295 g/mol. The summed E-state index contributed by atoms with van der Waals surface area (Å²) in [5.41, 5.74) is -0.424. The summed E-state index contributed by atoms with van der Waals surface area (Å²) in [6.07, 6.45) is 0. The lowest BCUT2D eigenvalue weighted by Gasteiger charge is -2.08. The minimum Gasteiger partial charge on any atom is -0.370 e. The summed E-state index contributed by atoms with van der Waals surface area (Å²) in [5, 5.41) is 5.07. The molecule has 0 bridgehead atoms. The lowest BCUT2D eigenvalue weighted by molar-refractivity contribution is 0.102. The van der Waals surface area contributed by atoms with Crippen molar-refractivity contribution in [1.82, 2.24) is 4.98 Å². The third kappa shape index (κ3) is 3.50. The molecule has 2 aromatic rings. The molecule has 1 heterocycles. The van der Waals surface area contributed by atoms with E-state index in [4.69, 9.17) is 0 Å². The molecule has 0 radical (unpaired) electrons. The van der Waals surface area contributed by atoms with Crippen LogP contribution in [0, 0.1) is 17.5 Å². The van der Waals surface area contributed by atoms with Crippen molar-refractivity contribution >= 4 is 17.4 Å². The standard InChI is InChI=1S/C14H12F3N3O/c1-2-18-13-5-3-4-11(19-13)14(21)20-12-7-9(16)8(15)6-10(12)17/h3-7H,2H2,1H3,(H,18,19)(H,20,21). The highest BCUT2D eigenvalue weighted by molar-refractivity contribution is 6.03. The lowest BCUT2D eigenvalue weighted by atomic mass is 10.2. The molecule has 1 aromatic carbocycles. The van der Waals surface area contributed by atoms with Crippen LogP contribution in [0.2, 0.25) is 0 Å². The van der Waals surface area contributed by atoms with Crippen LogP contribution in [0.4, 0.5) is 24.7 Å². The number of nitrogens with zero attached hydrogens (tertiary/aromatic N) is 1. The minimum atomic E-state index is -1.32. The number of carbonyl (C=O) groups excluding carboxylic acids is 1. The molecule has 1 aromatic heterocycles. The fourth-order valence-electron chi connectivity index (χ4n) is 1.65. The van der Waals surface area contributed by atoms with Gasteiger partial charge in [0, 0.05) is 18.7 Å². The topological polar surface area (TPSA) is 54.0 Å². The van der Waals surface area contributed by atoms with Crippen molar-refractivity contribution in [3.05, 3.63) is 53.5 Å². The Morgan fingerprint density at radius 1 is 1.14 bits per heavy atom. The Hall–Kier alpha value is -2.57.